The number of carbonyl (C=O) groups excluding carboxylic acids is 2. The fourth-order valence-electron chi connectivity index (χ4n) is 1.94. The second kappa shape index (κ2) is 8.97. The number of halogens is 8. The van der Waals surface area contributed by atoms with E-state index in [2.05, 4.69) is 9.97 Å². The van der Waals surface area contributed by atoms with Crippen LogP contribution in [-0.4, -0.2) is 21.5 Å². The molecule has 0 aliphatic carbocycles. The van der Waals surface area contributed by atoms with E-state index in [1.807, 2.05) is 0 Å². The fraction of sp³-hybridized carbons (Fsp3) is 0.143. The molecule has 0 amide bonds. The number of hydrogen-bond acceptors (Lipinski definition) is 4. The Balaban J connectivity index is 2.28. The van der Waals surface area contributed by atoms with E-state index in [0.717, 1.165) is 0 Å². The maximum atomic E-state index is 12.4. The third-order valence-electron chi connectivity index (χ3n) is 3.13. The maximum absolute atomic E-state index is 12.4. The van der Waals surface area contributed by atoms with Crippen LogP contribution in [0.3, 0.4) is 0 Å². The van der Waals surface area contributed by atoms with Gasteiger partial charge in [0.15, 0.2) is 11.6 Å². The van der Waals surface area contributed by atoms with Crippen molar-refractivity contribution in [1.29, 1.82) is 0 Å². The number of carbonyl (C=O) groups is 2. The Kier molecular flexibility index (Phi) is 7.68. The lowest BCUT2D eigenvalue weighted by molar-refractivity contribution is 0.0917. The molecule has 0 atom stereocenters. The van der Waals surface area contributed by atoms with E-state index >= 15 is 0 Å². The van der Waals surface area contributed by atoms with Gasteiger partial charge in [-0.15, -0.1) is 0 Å². The molecule has 0 aromatic carbocycles. The second-order valence-electron chi connectivity index (χ2n) is 4.74. The number of rotatable bonds is 5. The Hall–Kier alpha value is -0.0400. The first-order valence-corrected chi connectivity index (χ1v) is 9.55. The van der Waals surface area contributed by atoms with Gasteiger partial charge in [0.1, 0.15) is 20.6 Å². The van der Waals surface area contributed by atoms with Crippen LogP contribution in [0.25, 0.3) is 0 Å². The predicted octanol–water partition coefficient (Wildman–Crippen LogP) is 7.55. The quantitative estimate of drug-likeness (QED) is 0.305. The van der Waals surface area contributed by atoms with Crippen molar-refractivity contribution in [3.8, 4) is 0 Å². The fourth-order valence-corrected chi connectivity index (χ4v) is 3.81. The zero-order chi connectivity index (χ0) is 19.8. The first-order valence-electron chi connectivity index (χ1n) is 6.52. The average Bonchev–Trinajstić information content (AvgIpc) is 2.57. The molecular weight excluding hydrogens is 512 g/mol. The summed E-state index contributed by atoms with van der Waals surface area (Å²) in [7, 11) is 0. The Labute approximate surface area is 187 Å². The highest BCUT2D eigenvalue weighted by molar-refractivity contribution is 6.50. The summed E-state index contributed by atoms with van der Waals surface area (Å²) in [6.45, 7) is 0. The molecule has 0 saturated heterocycles. The van der Waals surface area contributed by atoms with Crippen molar-refractivity contribution in [2.75, 3.05) is 0 Å². The SMILES string of the molecule is O=C(CCC(=O)c1c(Cl)c(Cl)nc(Cl)c1Cl)c1c(Cl)c(Cl)nc(Cl)c1Cl. The van der Waals surface area contributed by atoms with Crippen LogP contribution < -0.4 is 0 Å². The first-order chi connectivity index (χ1) is 12.1. The van der Waals surface area contributed by atoms with Gasteiger partial charge >= 0.3 is 0 Å². The highest BCUT2D eigenvalue weighted by Crippen LogP contribution is 2.37. The summed E-state index contributed by atoms with van der Waals surface area (Å²) in [5.41, 5.74) is -0.261. The van der Waals surface area contributed by atoms with Crippen LogP contribution in [0.4, 0.5) is 0 Å². The highest BCUT2D eigenvalue weighted by atomic mass is 35.5. The van der Waals surface area contributed by atoms with Crippen molar-refractivity contribution >= 4 is 104 Å². The molecule has 2 aromatic heterocycles. The van der Waals surface area contributed by atoms with Gasteiger partial charge in [0, 0.05) is 12.8 Å². The minimum Gasteiger partial charge on any atom is -0.294 e. The largest absolute Gasteiger partial charge is 0.294 e. The molecule has 0 saturated carbocycles. The standard InChI is InChI=1S/C14H4Cl8N2O2/c15-7-5(8(16)12(20)23-11(7)19)3(25)1-2-4(26)6-9(17)13(21)24-14(22)10(6)18/h1-2H2. The minimum absolute atomic E-state index is 0.130. The summed E-state index contributed by atoms with van der Waals surface area (Å²) in [6.07, 6.45) is -0.557. The lowest BCUT2D eigenvalue weighted by Gasteiger charge is -2.10. The third kappa shape index (κ3) is 4.50. The van der Waals surface area contributed by atoms with Crippen molar-refractivity contribution in [2.45, 2.75) is 12.8 Å². The summed E-state index contributed by atoms with van der Waals surface area (Å²) >= 11 is 47.0. The Morgan fingerprint density at radius 3 is 1.00 bits per heavy atom. The van der Waals surface area contributed by atoms with E-state index in [1.54, 1.807) is 0 Å². The van der Waals surface area contributed by atoms with Gasteiger partial charge in [-0.2, -0.15) is 0 Å². The highest BCUT2D eigenvalue weighted by Gasteiger charge is 2.25. The number of hydrogen-bond donors (Lipinski definition) is 0. The van der Waals surface area contributed by atoms with E-state index in [1.165, 1.54) is 0 Å². The molecule has 26 heavy (non-hydrogen) atoms. The summed E-state index contributed by atoms with van der Waals surface area (Å²) in [6, 6.07) is 0. The maximum Gasteiger partial charge on any atom is 0.166 e. The topological polar surface area (TPSA) is 59.9 Å². The van der Waals surface area contributed by atoms with Crippen molar-refractivity contribution in [3.05, 3.63) is 51.8 Å². The molecule has 0 unspecified atom stereocenters. The zero-order valence-electron chi connectivity index (χ0n) is 12.1. The van der Waals surface area contributed by atoms with Gasteiger partial charge < -0.3 is 0 Å². The molecule has 0 radical (unpaired) electrons. The molecule has 12 heteroatoms. The summed E-state index contributed by atoms with van der Waals surface area (Å²) < 4.78 is 0. The molecule has 0 fully saturated rings. The van der Waals surface area contributed by atoms with Gasteiger partial charge in [-0.05, 0) is 0 Å². The van der Waals surface area contributed by atoms with E-state index in [4.69, 9.17) is 92.8 Å². The summed E-state index contributed by atoms with van der Waals surface area (Å²) in [4.78, 5) is 32.2. The molecule has 0 aliphatic rings. The third-order valence-corrected chi connectivity index (χ3v) is 6.08. The van der Waals surface area contributed by atoms with E-state index < -0.39 is 11.6 Å². The Bertz CT molecular complexity index is 804. The van der Waals surface area contributed by atoms with E-state index in [0.29, 0.717) is 0 Å². The van der Waals surface area contributed by atoms with Crippen LogP contribution in [0.5, 0.6) is 0 Å². The predicted molar refractivity (Wildman–Crippen MR) is 106 cm³/mol. The van der Waals surface area contributed by atoms with Crippen LogP contribution in [0.15, 0.2) is 0 Å². The molecule has 0 bridgehead atoms. The van der Waals surface area contributed by atoms with Gasteiger partial charge in [0.05, 0.1) is 31.2 Å². The average molecular weight is 516 g/mol. The van der Waals surface area contributed by atoms with Crippen LogP contribution >= 0.6 is 92.8 Å². The number of pyridine rings is 2. The van der Waals surface area contributed by atoms with Crippen molar-refractivity contribution < 1.29 is 9.59 Å². The van der Waals surface area contributed by atoms with Gasteiger partial charge in [0.2, 0.25) is 0 Å². The van der Waals surface area contributed by atoms with Gasteiger partial charge in [-0.1, -0.05) is 92.8 Å². The molecule has 138 valence electrons. The van der Waals surface area contributed by atoms with E-state index in [-0.39, 0.29) is 64.7 Å². The smallest absolute Gasteiger partial charge is 0.166 e. The molecule has 0 aliphatic heterocycles. The van der Waals surface area contributed by atoms with Crippen molar-refractivity contribution in [2.24, 2.45) is 0 Å². The normalized spacial score (nSPS) is 10.9. The first kappa shape index (κ1) is 22.3. The number of aromatic nitrogens is 2. The molecule has 4 nitrogen and oxygen atoms in total. The van der Waals surface area contributed by atoms with Crippen molar-refractivity contribution in [3.63, 3.8) is 0 Å². The Morgan fingerprint density at radius 2 is 0.769 bits per heavy atom. The Morgan fingerprint density at radius 1 is 0.538 bits per heavy atom. The molecule has 0 spiro atoms. The number of Topliss-reactive ketones (excluding diaryl/α,β-unsaturated/α-hetero) is 2. The van der Waals surface area contributed by atoms with Crippen LogP contribution in [0.1, 0.15) is 33.6 Å². The molecule has 0 N–H and O–H groups in total. The number of ketones is 2. The molecular formula is C14H4Cl8N2O2. The second-order valence-corrected chi connectivity index (χ2v) is 7.68. The zero-order valence-corrected chi connectivity index (χ0v) is 18.2. The van der Waals surface area contributed by atoms with Crippen LogP contribution in [0, 0.1) is 0 Å². The monoisotopic (exact) mass is 512 g/mol. The van der Waals surface area contributed by atoms with E-state index in [9.17, 15) is 9.59 Å². The van der Waals surface area contributed by atoms with Gasteiger partial charge in [-0.25, -0.2) is 9.97 Å². The molecule has 2 rings (SSSR count). The molecule has 2 aromatic rings. The van der Waals surface area contributed by atoms with Crippen LogP contribution in [-0.2, 0) is 0 Å². The van der Waals surface area contributed by atoms with Gasteiger partial charge in [0.25, 0.3) is 0 Å². The van der Waals surface area contributed by atoms with Crippen LogP contribution in [0.2, 0.25) is 40.7 Å². The minimum atomic E-state index is -0.571. The lowest BCUT2D eigenvalue weighted by atomic mass is 10.0. The lowest BCUT2D eigenvalue weighted by Crippen LogP contribution is -2.09. The van der Waals surface area contributed by atoms with Crippen molar-refractivity contribution in [1.82, 2.24) is 9.97 Å². The summed E-state index contributed by atoms with van der Waals surface area (Å²) in [5, 5.41) is -1.39. The molecule has 2 heterocycles. The number of nitrogens with zero attached hydrogens (tertiary/aromatic N) is 2. The van der Waals surface area contributed by atoms with Gasteiger partial charge in [-0.3, -0.25) is 9.59 Å². The summed E-state index contributed by atoms with van der Waals surface area (Å²) in [5.74, 6) is -1.14.